The molecule has 0 unspecified atom stereocenters. The van der Waals surface area contributed by atoms with Crippen molar-refractivity contribution < 1.29 is 98.1 Å². The van der Waals surface area contributed by atoms with E-state index in [0.717, 1.165) is 164 Å². The summed E-state index contributed by atoms with van der Waals surface area (Å²) in [5.74, 6) is -10.9. The van der Waals surface area contributed by atoms with Gasteiger partial charge in [-0.25, -0.2) is 40.7 Å². The molecular formula is C114H108F6N12O15Si3. The molecule has 0 bridgehead atoms. The van der Waals surface area contributed by atoms with Crippen LogP contribution in [0.25, 0.3) is 0 Å². The van der Waals surface area contributed by atoms with E-state index in [1.165, 1.54) is 119 Å². The maximum Gasteiger partial charge on any atom is 0.340 e. The zero-order valence-electron chi connectivity index (χ0n) is 82.4. The quantitative estimate of drug-likeness (QED) is 0.0236. The number of ether oxygens (including phenoxy) is 3. The highest BCUT2D eigenvalue weighted by Gasteiger charge is 2.64. The molecule has 3 N–H and O–H groups in total. The number of carbonyl (C=O) groups excluding carboxylic acids is 12. The SMILES string of the molecule is O=C(NCCN1C(=O)C=CC1=O)c1ccc2c(c1)C(=O)OC21c2ccc(N3CCC3)cc2[Si]2(CCCCC2)c2cc(N3CCC3)ccc21.O=C(NCCN1C(=O)C=CC1=O)c1ccc2c(c1)C1(OC2=O)c2ccc(N3CC(F)(F)C3)cc2[Si]2(CCCCC2)c2cc(N3CC(F)(F)C3)ccc21.O=C(NCCN1C(=O)C=CC1=O)c1ccc2c(c1)C1(OC2=O)c2ccc(N3CC(F)C3)cc2[Si]2(CCCCC2)c2cc(N3CC(F)C3)ccc21. The molecule has 0 saturated carbocycles. The lowest BCUT2D eigenvalue weighted by Gasteiger charge is -2.50. The number of fused-ring (bicyclic) bond motifs is 24. The van der Waals surface area contributed by atoms with Gasteiger partial charge in [0.1, 0.15) is 36.6 Å². The van der Waals surface area contributed by atoms with E-state index in [9.17, 15) is 83.9 Å². The lowest BCUT2D eigenvalue weighted by Crippen LogP contribution is -2.68. The fourth-order valence-electron chi connectivity index (χ4n) is 26.9. The number of imide groups is 3. The number of amides is 9. The highest BCUT2D eigenvalue weighted by atomic mass is 28.3. The van der Waals surface area contributed by atoms with Crippen molar-refractivity contribution in [2.24, 2.45) is 0 Å². The zero-order valence-corrected chi connectivity index (χ0v) is 85.4. The largest absolute Gasteiger partial charge is 0.441 e. The Morgan fingerprint density at radius 1 is 0.287 bits per heavy atom. The van der Waals surface area contributed by atoms with E-state index in [1.807, 2.05) is 64.4 Å². The summed E-state index contributed by atoms with van der Waals surface area (Å²) < 4.78 is 104. The average molecular weight is 2080 g/mol. The number of benzene rings is 9. The minimum atomic E-state index is -2.79. The standard InChI is InChI=1S/C38H34F4N4O5Si.C38H36F2N4O5Si.C38H38N4O5Si/c39-36(40)19-44(20-36)24-5-8-27-30(17-24)52(14-2-1-3-15-52)31-18-25(45-21-37(41,42)22-45)6-9-28(31)38(27)29-16-23(4-7-26(29)35(50)51-38)34(49)43-12-13-46-32(47)10-11-33(46)48;39-24-19-42(20-24)26-5-8-29-32(17-26)50(14-2-1-3-15-50)33-18-27(43-21-25(40)22-43)6-9-30(33)38(29)31-16-23(4-7-28(31)37(48)49-38)36(47)41-12-13-44-34(45)10-11-35(44)46;43-34-12-13-35(44)42(34)19-14-39-36(45)25-6-9-29-28(22-25)37(46)47-38(29)30-10-7-26(40-15-4-16-40)23-32(30)48(20-2-1-3-21-48)33-24-27(8-11-31(33)38)41-17-5-18-41/h4-11,16-18H,1-3,12-15,19-22H2,(H,43,49);4-11,16-18,24-25H,1-3,12-15,19-22H2,(H,41,47);6-13,22-24H,1-5,14-21H2,(H,39,45). The smallest absolute Gasteiger partial charge is 0.340 e. The van der Waals surface area contributed by atoms with Crippen LogP contribution in [-0.4, -0.2) is 252 Å². The lowest BCUT2D eigenvalue weighted by molar-refractivity contribution is -0.138. The Bertz CT molecular complexity index is 7180. The van der Waals surface area contributed by atoms with Gasteiger partial charge in [-0.3, -0.25) is 57.9 Å². The number of halogens is 6. The number of anilines is 6. The monoisotopic (exact) mass is 2080 g/mol. The Hall–Kier alpha value is -14.5. The van der Waals surface area contributed by atoms with Gasteiger partial charge < -0.3 is 59.6 Å². The predicted octanol–water partition coefficient (Wildman–Crippen LogP) is 10.2. The first-order chi connectivity index (χ1) is 72.4. The fourth-order valence-corrected chi connectivity index (χ4v) is 44.0. The fraction of sp³-hybridized carbons (Fsp3) is 0.368. The summed E-state index contributed by atoms with van der Waals surface area (Å²) >= 11 is 0. The van der Waals surface area contributed by atoms with E-state index < -0.39 is 145 Å². The number of nitrogens with one attached hydrogen (secondary N) is 3. The molecule has 18 heterocycles. The number of nitrogens with zero attached hydrogens (tertiary/aromatic N) is 9. The maximum atomic E-state index is 14.1. The predicted molar refractivity (Wildman–Crippen MR) is 556 cm³/mol. The first-order valence-electron chi connectivity index (χ1n) is 52.4. The van der Waals surface area contributed by atoms with Crippen LogP contribution in [-0.2, 0) is 59.8 Å². The van der Waals surface area contributed by atoms with Gasteiger partial charge in [0, 0.05) is 203 Å². The van der Waals surface area contributed by atoms with Gasteiger partial charge in [0.05, 0.1) is 69.0 Å². The van der Waals surface area contributed by atoms with Gasteiger partial charge in [0.2, 0.25) is 0 Å². The Labute approximate surface area is 863 Å². The maximum absolute atomic E-state index is 14.1. The Balaban J connectivity index is 0.000000117. The summed E-state index contributed by atoms with van der Waals surface area (Å²) in [4.78, 5) is 169. The summed E-state index contributed by atoms with van der Waals surface area (Å²) in [6.07, 6.45) is 17.8. The second-order valence-electron chi connectivity index (χ2n) is 43.2. The zero-order chi connectivity index (χ0) is 103. The molecule has 36 heteroatoms. The summed E-state index contributed by atoms with van der Waals surface area (Å²) in [5, 5.41) is 15.5. The molecule has 27 nitrogen and oxygen atoms in total. The van der Waals surface area contributed by atoms with E-state index in [-0.39, 0.29) is 68.1 Å². The van der Waals surface area contributed by atoms with Gasteiger partial charge in [-0.1, -0.05) is 100 Å². The van der Waals surface area contributed by atoms with Gasteiger partial charge in [-0.05, 0) is 202 Å². The average Bonchev–Trinajstić information content (AvgIpc) is 1.38. The van der Waals surface area contributed by atoms with E-state index >= 15 is 0 Å². The number of rotatable bonds is 18. The van der Waals surface area contributed by atoms with Gasteiger partial charge in [-0.2, -0.15) is 0 Å². The first-order valence-corrected chi connectivity index (χ1v) is 59.6. The van der Waals surface area contributed by atoms with Crippen LogP contribution in [0.5, 0.6) is 0 Å². The third kappa shape index (κ3) is 15.4. The third-order valence-corrected chi connectivity index (χ3v) is 50.6. The van der Waals surface area contributed by atoms with E-state index in [2.05, 4.69) is 74.3 Å². The van der Waals surface area contributed by atoms with Crippen molar-refractivity contribution in [3.63, 3.8) is 0 Å². The Morgan fingerprint density at radius 3 is 0.813 bits per heavy atom. The molecule has 0 aromatic heterocycles. The van der Waals surface area contributed by atoms with Crippen molar-refractivity contribution in [2.75, 3.05) is 147 Å². The lowest BCUT2D eigenvalue weighted by atomic mass is 9.78. The second-order valence-corrected chi connectivity index (χ2v) is 55.9. The summed E-state index contributed by atoms with van der Waals surface area (Å²) in [7, 11) is -7.37. The molecule has 6 spiro atoms. The molecule has 150 heavy (non-hydrogen) atoms. The molecule has 18 aliphatic rings. The van der Waals surface area contributed by atoms with E-state index in [1.54, 1.807) is 64.4 Å². The normalized spacial score (nSPS) is 21.7. The van der Waals surface area contributed by atoms with E-state index in [4.69, 9.17) is 14.2 Å². The molecular weight excluding hydrogens is 1980 g/mol. The van der Waals surface area contributed by atoms with Crippen LogP contribution in [0.1, 0.15) is 183 Å². The van der Waals surface area contributed by atoms with Crippen LogP contribution in [0.3, 0.4) is 0 Å². The van der Waals surface area contributed by atoms with Crippen molar-refractivity contribution in [1.82, 2.24) is 30.7 Å². The molecule has 9 aromatic rings. The van der Waals surface area contributed by atoms with Crippen LogP contribution in [0.2, 0.25) is 36.3 Å². The van der Waals surface area contributed by atoms with Crippen molar-refractivity contribution in [2.45, 2.75) is 148 Å². The molecule has 9 fully saturated rings. The number of alkyl halides is 6. The van der Waals surface area contributed by atoms with Gasteiger partial charge >= 0.3 is 17.9 Å². The molecule has 18 aliphatic heterocycles. The minimum Gasteiger partial charge on any atom is -0.441 e. The number of esters is 3. The molecule has 768 valence electrons. The summed E-state index contributed by atoms with van der Waals surface area (Å²) in [6, 6.07) is 58.8. The number of hydrogen-bond acceptors (Lipinski definition) is 21. The van der Waals surface area contributed by atoms with Gasteiger partial charge in [0.15, 0.2) is 16.8 Å². The summed E-state index contributed by atoms with van der Waals surface area (Å²) in [5.41, 5.74) is 11.0. The highest BCUT2D eigenvalue weighted by molar-refractivity contribution is 7.05. The van der Waals surface area contributed by atoms with Crippen molar-refractivity contribution in [3.05, 3.63) is 284 Å². The molecule has 9 saturated heterocycles. The number of hydrogen-bond donors (Lipinski definition) is 3. The molecule has 9 amide bonds. The van der Waals surface area contributed by atoms with Crippen molar-refractivity contribution >= 4 is 161 Å². The van der Waals surface area contributed by atoms with Crippen LogP contribution in [0.15, 0.2) is 200 Å². The van der Waals surface area contributed by atoms with Crippen LogP contribution < -0.4 is 76.5 Å². The van der Waals surface area contributed by atoms with Gasteiger partial charge in [-0.15, -0.1) is 0 Å². The molecule has 0 aliphatic carbocycles. The second kappa shape index (κ2) is 36.1. The third-order valence-electron chi connectivity index (χ3n) is 34.7. The Morgan fingerprint density at radius 2 is 0.540 bits per heavy atom. The number of carbonyl (C=O) groups is 12. The van der Waals surface area contributed by atoms with Crippen molar-refractivity contribution in [3.8, 4) is 0 Å². The highest BCUT2D eigenvalue weighted by Crippen LogP contribution is 2.57. The van der Waals surface area contributed by atoms with Gasteiger partial charge in [0.25, 0.3) is 65.0 Å². The van der Waals surface area contributed by atoms with E-state index in [0.29, 0.717) is 70.9 Å². The minimum absolute atomic E-state index is 0.00604. The molecule has 27 rings (SSSR count). The van der Waals surface area contributed by atoms with Crippen LogP contribution in [0, 0.1) is 0 Å². The van der Waals surface area contributed by atoms with Crippen LogP contribution in [0.4, 0.5) is 60.5 Å². The molecule has 9 aromatic carbocycles. The first kappa shape index (κ1) is 96.3. The van der Waals surface area contributed by atoms with Crippen LogP contribution >= 0.6 is 0 Å². The molecule has 0 radical (unpaired) electrons. The summed E-state index contributed by atoms with van der Waals surface area (Å²) in [6.45, 7) is 4.29. The molecule has 0 atom stereocenters. The Kier molecular flexibility index (Phi) is 23.2. The van der Waals surface area contributed by atoms with Crippen molar-refractivity contribution in [1.29, 1.82) is 0 Å². The topological polar surface area (TPSA) is 298 Å².